The highest BCUT2D eigenvalue weighted by atomic mass is 19.4. The van der Waals surface area contributed by atoms with Gasteiger partial charge in [0.2, 0.25) is 0 Å². The van der Waals surface area contributed by atoms with Crippen molar-refractivity contribution in [3.05, 3.63) is 119 Å². The number of para-hydroxylation sites is 1. The second kappa shape index (κ2) is 8.56. The van der Waals surface area contributed by atoms with E-state index in [0.717, 1.165) is 40.2 Å². The molecule has 0 unspecified atom stereocenters. The highest BCUT2D eigenvalue weighted by Gasteiger charge is 2.30. The van der Waals surface area contributed by atoms with Gasteiger partial charge in [-0.3, -0.25) is 4.98 Å². The fraction of sp³-hybridized carbons (Fsp3) is 0.0769. The first-order valence-electron chi connectivity index (χ1n) is 9.75. The SMILES string of the molecule is Cc1cc(C(=Nc2ccccc2)c2ccccc2)cc(-c2cc(C(F)(F)F)ccn2)c1. The molecule has 5 heteroatoms. The number of hydrogen-bond donors (Lipinski definition) is 0. The van der Waals surface area contributed by atoms with Crippen molar-refractivity contribution in [1.29, 1.82) is 0 Å². The number of rotatable bonds is 4. The summed E-state index contributed by atoms with van der Waals surface area (Å²) in [6.07, 6.45) is -3.23. The Labute approximate surface area is 178 Å². The predicted octanol–water partition coefficient (Wildman–Crippen LogP) is 7.24. The summed E-state index contributed by atoms with van der Waals surface area (Å²) in [7, 11) is 0. The van der Waals surface area contributed by atoms with E-state index in [1.54, 1.807) is 0 Å². The largest absolute Gasteiger partial charge is 0.416 e. The Hall–Kier alpha value is -3.73. The van der Waals surface area contributed by atoms with Crippen molar-refractivity contribution >= 4 is 11.4 Å². The molecule has 0 atom stereocenters. The molecule has 0 saturated heterocycles. The summed E-state index contributed by atoms with van der Waals surface area (Å²) in [5.74, 6) is 0. The summed E-state index contributed by atoms with van der Waals surface area (Å²) < 4.78 is 39.6. The van der Waals surface area contributed by atoms with Crippen molar-refractivity contribution in [3.8, 4) is 11.3 Å². The monoisotopic (exact) mass is 416 g/mol. The maximum absolute atomic E-state index is 13.2. The van der Waals surface area contributed by atoms with Crippen LogP contribution in [0.3, 0.4) is 0 Å². The number of halogens is 3. The van der Waals surface area contributed by atoms with E-state index >= 15 is 0 Å². The number of aromatic nitrogens is 1. The molecule has 0 fully saturated rings. The molecule has 31 heavy (non-hydrogen) atoms. The smallest absolute Gasteiger partial charge is 0.256 e. The lowest BCUT2D eigenvalue weighted by atomic mass is 9.96. The van der Waals surface area contributed by atoms with Gasteiger partial charge in [0.15, 0.2) is 0 Å². The van der Waals surface area contributed by atoms with Crippen LogP contribution < -0.4 is 0 Å². The maximum atomic E-state index is 13.2. The van der Waals surface area contributed by atoms with Crippen LogP contribution in [0.5, 0.6) is 0 Å². The zero-order chi connectivity index (χ0) is 21.8. The average Bonchev–Trinajstić information content (AvgIpc) is 2.78. The first-order valence-corrected chi connectivity index (χ1v) is 9.75. The number of pyridine rings is 1. The van der Waals surface area contributed by atoms with E-state index in [1.807, 2.05) is 85.8 Å². The van der Waals surface area contributed by atoms with Crippen LogP contribution in [0, 0.1) is 6.92 Å². The Morgan fingerprint density at radius 1 is 0.774 bits per heavy atom. The molecule has 1 heterocycles. The van der Waals surface area contributed by atoms with Crippen LogP contribution in [-0.4, -0.2) is 10.7 Å². The van der Waals surface area contributed by atoms with Gasteiger partial charge in [-0.25, -0.2) is 4.99 Å². The molecular formula is C26H19F3N2. The van der Waals surface area contributed by atoms with Crippen LogP contribution in [-0.2, 0) is 6.18 Å². The lowest BCUT2D eigenvalue weighted by molar-refractivity contribution is -0.137. The third-order valence-electron chi connectivity index (χ3n) is 4.78. The van der Waals surface area contributed by atoms with Gasteiger partial charge in [0.05, 0.1) is 22.7 Å². The van der Waals surface area contributed by atoms with Crippen LogP contribution in [0.15, 0.2) is 102 Å². The highest BCUT2D eigenvalue weighted by molar-refractivity contribution is 6.14. The minimum absolute atomic E-state index is 0.270. The Kier molecular flexibility index (Phi) is 5.67. The van der Waals surface area contributed by atoms with E-state index in [-0.39, 0.29) is 5.69 Å². The third kappa shape index (κ3) is 4.89. The molecule has 0 aliphatic heterocycles. The van der Waals surface area contributed by atoms with Crippen molar-refractivity contribution < 1.29 is 13.2 Å². The molecule has 4 aromatic rings. The Balaban J connectivity index is 1.86. The van der Waals surface area contributed by atoms with Crippen molar-refractivity contribution in [2.75, 3.05) is 0 Å². The molecule has 1 aromatic heterocycles. The number of alkyl halides is 3. The molecule has 0 radical (unpaired) electrons. The minimum Gasteiger partial charge on any atom is -0.256 e. The van der Waals surface area contributed by atoms with Crippen molar-refractivity contribution in [2.24, 2.45) is 4.99 Å². The number of benzene rings is 3. The zero-order valence-corrected chi connectivity index (χ0v) is 16.8. The first-order chi connectivity index (χ1) is 14.9. The van der Waals surface area contributed by atoms with E-state index < -0.39 is 11.7 Å². The summed E-state index contributed by atoms with van der Waals surface area (Å²) in [5.41, 5.74) is 4.32. The zero-order valence-electron chi connectivity index (χ0n) is 16.8. The number of nitrogens with zero attached hydrogens (tertiary/aromatic N) is 2. The van der Waals surface area contributed by atoms with Crippen LogP contribution in [0.2, 0.25) is 0 Å². The topological polar surface area (TPSA) is 25.2 Å². The predicted molar refractivity (Wildman–Crippen MR) is 118 cm³/mol. The molecule has 0 spiro atoms. The molecule has 154 valence electrons. The van der Waals surface area contributed by atoms with E-state index in [4.69, 9.17) is 4.99 Å². The van der Waals surface area contributed by atoms with Gasteiger partial charge in [-0.2, -0.15) is 13.2 Å². The fourth-order valence-electron chi connectivity index (χ4n) is 3.36. The van der Waals surface area contributed by atoms with E-state index in [2.05, 4.69) is 4.98 Å². The minimum atomic E-state index is -4.42. The number of aliphatic imine (C=N–C) groups is 1. The molecule has 4 rings (SSSR count). The van der Waals surface area contributed by atoms with E-state index in [9.17, 15) is 13.2 Å². The molecule has 0 saturated carbocycles. The lowest BCUT2D eigenvalue weighted by Gasteiger charge is -2.12. The maximum Gasteiger partial charge on any atom is 0.416 e. The second-order valence-electron chi connectivity index (χ2n) is 7.18. The molecule has 2 nitrogen and oxygen atoms in total. The second-order valence-corrected chi connectivity index (χ2v) is 7.18. The number of aryl methyl sites for hydroxylation is 1. The standard InChI is InChI=1S/C26H19F3N2/c1-18-14-20(24-17-22(12-13-30-24)26(27,28)29)16-21(15-18)25(19-8-4-2-5-9-19)31-23-10-6-3-7-11-23/h2-17H,1H3. The highest BCUT2D eigenvalue weighted by Crippen LogP contribution is 2.32. The summed E-state index contributed by atoms with van der Waals surface area (Å²) in [6.45, 7) is 1.91. The van der Waals surface area contributed by atoms with Crippen molar-refractivity contribution in [3.63, 3.8) is 0 Å². The van der Waals surface area contributed by atoms with E-state index in [0.29, 0.717) is 5.56 Å². The quantitative estimate of drug-likeness (QED) is 0.322. The van der Waals surface area contributed by atoms with Gasteiger partial charge < -0.3 is 0 Å². The first kappa shape index (κ1) is 20.5. The fourth-order valence-corrected chi connectivity index (χ4v) is 3.36. The normalized spacial score (nSPS) is 12.1. The van der Waals surface area contributed by atoms with Gasteiger partial charge in [-0.1, -0.05) is 48.5 Å². The van der Waals surface area contributed by atoms with Gasteiger partial charge in [0.25, 0.3) is 0 Å². The molecule has 0 amide bonds. The van der Waals surface area contributed by atoms with Crippen LogP contribution >= 0.6 is 0 Å². The Bertz CT molecular complexity index is 1210. The van der Waals surface area contributed by atoms with Gasteiger partial charge >= 0.3 is 6.18 Å². The molecule has 3 aromatic carbocycles. The number of hydrogen-bond acceptors (Lipinski definition) is 2. The summed E-state index contributed by atoms with van der Waals surface area (Å²) >= 11 is 0. The lowest BCUT2D eigenvalue weighted by Crippen LogP contribution is -2.06. The Morgan fingerprint density at radius 3 is 2.13 bits per heavy atom. The molecule has 0 aliphatic carbocycles. The van der Waals surface area contributed by atoms with E-state index in [1.165, 1.54) is 6.20 Å². The van der Waals surface area contributed by atoms with Crippen LogP contribution in [0.1, 0.15) is 22.3 Å². The molecule has 0 N–H and O–H groups in total. The molecule has 0 aliphatic rings. The Morgan fingerprint density at radius 2 is 1.45 bits per heavy atom. The van der Waals surface area contributed by atoms with Crippen LogP contribution in [0.25, 0.3) is 11.3 Å². The van der Waals surface area contributed by atoms with Crippen molar-refractivity contribution in [2.45, 2.75) is 13.1 Å². The average molecular weight is 416 g/mol. The molecule has 0 bridgehead atoms. The summed E-state index contributed by atoms with van der Waals surface area (Å²) in [6, 6.07) is 27.0. The van der Waals surface area contributed by atoms with Gasteiger partial charge in [-0.05, 0) is 55.0 Å². The van der Waals surface area contributed by atoms with Gasteiger partial charge in [0, 0.05) is 22.9 Å². The third-order valence-corrected chi connectivity index (χ3v) is 4.78. The van der Waals surface area contributed by atoms with Gasteiger partial charge in [-0.15, -0.1) is 0 Å². The van der Waals surface area contributed by atoms with Crippen LogP contribution in [0.4, 0.5) is 18.9 Å². The summed E-state index contributed by atoms with van der Waals surface area (Å²) in [5, 5.41) is 0. The van der Waals surface area contributed by atoms with Gasteiger partial charge in [0.1, 0.15) is 0 Å². The molecular weight excluding hydrogens is 397 g/mol. The summed E-state index contributed by atoms with van der Waals surface area (Å²) in [4.78, 5) is 9.03. The van der Waals surface area contributed by atoms with Crippen molar-refractivity contribution in [1.82, 2.24) is 4.98 Å².